The minimum atomic E-state index is 0.815. The van der Waals surface area contributed by atoms with Crippen LogP contribution in [0.15, 0.2) is 0 Å². The Hall–Kier alpha value is 0.270. The van der Waals surface area contributed by atoms with E-state index in [9.17, 15) is 0 Å². The molecule has 0 aromatic carbocycles. The Bertz CT molecular complexity index is 97.6. The molecule has 0 fully saturated rings. The van der Waals surface area contributed by atoms with Gasteiger partial charge < -0.3 is 10.6 Å². The molecule has 0 spiro atoms. The van der Waals surface area contributed by atoms with Gasteiger partial charge in [-0.1, -0.05) is 27.7 Å². The molecular formula is C12H30N2S. The van der Waals surface area contributed by atoms with E-state index in [0.29, 0.717) is 0 Å². The van der Waals surface area contributed by atoms with Crippen molar-refractivity contribution in [2.75, 3.05) is 31.9 Å². The summed E-state index contributed by atoms with van der Waals surface area (Å²) in [6.07, 6.45) is 2.50. The predicted octanol–water partition coefficient (Wildman–Crippen LogP) is 2.56. The zero-order chi connectivity index (χ0) is 11.9. The molecule has 2 N–H and O–H groups in total. The molecule has 0 aromatic heterocycles. The van der Waals surface area contributed by atoms with Crippen molar-refractivity contribution in [2.24, 2.45) is 5.92 Å². The van der Waals surface area contributed by atoms with Gasteiger partial charge in [-0.25, -0.2) is 0 Å². The third-order valence-electron chi connectivity index (χ3n) is 1.89. The highest BCUT2D eigenvalue weighted by molar-refractivity contribution is 7.80. The number of hydrogen-bond acceptors (Lipinski definition) is 3. The van der Waals surface area contributed by atoms with Crippen LogP contribution in [-0.2, 0) is 0 Å². The quantitative estimate of drug-likeness (QED) is 0.422. The first-order chi connectivity index (χ1) is 7.27. The number of thiol groups is 1. The summed E-state index contributed by atoms with van der Waals surface area (Å²) in [4.78, 5) is 0. The van der Waals surface area contributed by atoms with Crippen LogP contribution in [0.4, 0.5) is 0 Å². The summed E-state index contributed by atoms with van der Waals surface area (Å²) in [5, 5.41) is 6.75. The molecule has 0 heterocycles. The van der Waals surface area contributed by atoms with Gasteiger partial charge in [-0.2, -0.15) is 12.6 Å². The Morgan fingerprint density at radius 2 is 1.47 bits per heavy atom. The fraction of sp³-hybridized carbons (Fsp3) is 1.00. The second-order valence-corrected chi connectivity index (χ2v) is 4.21. The standard InChI is InChI=1S/C10H24N2S.C2H6/c1-10(2)4-7-11-5-3-6-12-8-9-13;1-2/h10-13H,3-9H2,1-2H3;1-2H3. The summed E-state index contributed by atoms with van der Waals surface area (Å²) in [6.45, 7) is 12.9. The van der Waals surface area contributed by atoms with E-state index < -0.39 is 0 Å². The molecule has 0 radical (unpaired) electrons. The number of rotatable bonds is 9. The minimum absolute atomic E-state index is 0.815. The second kappa shape index (κ2) is 16.7. The van der Waals surface area contributed by atoms with E-state index in [-0.39, 0.29) is 0 Å². The minimum Gasteiger partial charge on any atom is -0.317 e. The van der Waals surface area contributed by atoms with E-state index in [2.05, 4.69) is 37.1 Å². The number of nitrogens with one attached hydrogen (secondary N) is 2. The topological polar surface area (TPSA) is 24.1 Å². The molecule has 94 valence electrons. The van der Waals surface area contributed by atoms with Gasteiger partial charge in [0.05, 0.1) is 0 Å². The average Bonchev–Trinajstić information content (AvgIpc) is 2.24. The van der Waals surface area contributed by atoms with E-state index in [1.165, 1.54) is 12.8 Å². The largest absolute Gasteiger partial charge is 0.317 e. The Labute approximate surface area is 102 Å². The predicted molar refractivity (Wildman–Crippen MR) is 75.0 cm³/mol. The van der Waals surface area contributed by atoms with Gasteiger partial charge in [-0.3, -0.25) is 0 Å². The van der Waals surface area contributed by atoms with Crippen molar-refractivity contribution in [3.8, 4) is 0 Å². The monoisotopic (exact) mass is 234 g/mol. The molecule has 0 unspecified atom stereocenters. The van der Waals surface area contributed by atoms with Gasteiger partial charge in [0.2, 0.25) is 0 Å². The first-order valence-electron chi connectivity index (χ1n) is 6.29. The van der Waals surface area contributed by atoms with Crippen LogP contribution in [0, 0.1) is 5.92 Å². The Morgan fingerprint density at radius 1 is 0.933 bits per heavy atom. The van der Waals surface area contributed by atoms with Crippen molar-refractivity contribution in [2.45, 2.75) is 40.5 Å². The van der Waals surface area contributed by atoms with Crippen LogP contribution in [0.3, 0.4) is 0 Å². The molecule has 0 aromatic rings. The van der Waals surface area contributed by atoms with E-state index in [0.717, 1.165) is 37.8 Å². The smallest absolute Gasteiger partial charge is 0.00397 e. The summed E-state index contributed by atoms with van der Waals surface area (Å²) in [7, 11) is 0. The highest BCUT2D eigenvalue weighted by atomic mass is 32.1. The first-order valence-corrected chi connectivity index (χ1v) is 6.93. The summed E-state index contributed by atoms with van der Waals surface area (Å²) in [5.41, 5.74) is 0. The zero-order valence-electron chi connectivity index (χ0n) is 11.0. The molecule has 0 aliphatic carbocycles. The lowest BCUT2D eigenvalue weighted by atomic mass is 10.1. The van der Waals surface area contributed by atoms with Gasteiger partial charge in [-0.15, -0.1) is 0 Å². The van der Waals surface area contributed by atoms with E-state index in [1.54, 1.807) is 0 Å². The fourth-order valence-corrected chi connectivity index (χ4v) is 1.22. The molecule has 2 nitrogen and oxygen atoms in total. The van der Waals surface area contributed by atoms with Gasteiger partial charge >= 0.3 is 0 Å². The molecule has 0 atom stereocenters. The van der Waals surface area contributed by atoms with Crippen molar-refractivity contribution < 1.29 is 0 Å². The lowest BCUT2D eigenvalue weighted by Crippen LogP contribution is -2.24. The molecule has 0 amide bonds. The zero-order valence-corrected chi connectivity index (χ0v) is 11.9. The molecule has 3 heteroatoms. The molecule has 0 aliphatic heterocycles. The van der Waals surface area contributed by atoms with Crippen LogP contribution >= 0.6 is 12.6 Å². The van der Waals surface area contributed by atoms with Crippen molar-refractivity contribution >= 4 is 12.6 Å². The van der Waals surface area contributed by atoms with Gasteiger partial charge in [0, 0.05) is 12.3 Å². The maximum atomic E-state index is 4.12. The molecule has 0 saturated heterocycles. The van der Waals surface area contributed by atoms with Crippen LogP contribution in [0.2, 0.25) is 0 Å². The van der Waals surface area contributed by atoms with Crippen LogP contribution in [0.25, 0.3) is 0 Å². The van der Waals surface area contributed by atoms with Crippen LogP contribution in [0.1, 0.15) is 40.5 Å². The molecule has 0 rings (SSSR count). The summed E-state index contributed by atoms with van der Waals surface area (Å²) < 4.78 is 0. The summed E-state index contributed by atoms with van der Waals surface area (Å²) >= 11 is 4.12. The van der Waals surface area contributed by atoms with Crippen LogP contribution < -0.4 is 10.6 Å². The molecule has 15 heavy (non-hydrogen) atoms. The highest BCUT2D eigenvalue weighted by Crippen LogP contribution is 1.95. The lowest BCUT2D eigenvalue weighted by Gasteiger charge is -2.07. The molecular weight excluding hydrogens is 204 g/mol. The lowest BCUT2D eigenvalue weighted by molar-refractivity contribution is 0.526. The van der Waals surface area contributed by atoms with Crippen LogP contribution in [0.5, 0.6) is 0 Å². The fourth-order valence-electron chi connectivity index (χ4n) is 1.06. The van der Waals surface area contributed by atoms with Gasteiger partial charge in [0.1, 0.15) is 0 Å². The van der Waals surface area contributed by atoms with E-state index >= 15 is 0 Å². The van der Waals surface area contributed by atoms with E-state index in [1.807, 2.05) is 13.8 Å². The molecule has 0 aliphatic rings. The maximum Gasteiger partial charge on any atom is 0.00397 e. The van der Waals surface area contributed by atoms with Gasteiger partial charge in [-0.05, 0) is 38.4 Å². The molecule has 0 saturated carbocycles. The van der Waals surface area contributed by atoms with Crippen molar-refractivity contribution in [1.82, 2.24) is 10.6 Å². The Balaban J connectivity index is 0. The summed E-state index contributed by atoms with van der Waals surface area (Å²) in [6, 6.07) is 0. The van der Waals surface area contributed by atoms with E-state index in [4.69, 9.17) is 0 Å². The van der Waals surface area contributed by atoms with Gasteiger partial charge in [0.15, 0.2) is 0 Å². The average molecular weight is 234 g/mol. The van der Waals surface area contributed by atoms with Gasteiger partial charge in [0.25, 0.3) is 0 Å². The maximum absolute atomic E-state index is 4.12. The highest BCUT2D eigenvalue weighted by Gasteiger charge is 1.92. The second-order valence-electron chi connectivity index (χ2n) is 3.76. The SMILES string of the molecule is CC.CC(C)CCNCCCNCCS. The molecule has 0 bridgehead atoms. The first kappa shape index (κ1) is 17.7. The Morgan fingerprint density at radius 3 is 1.93 bits per heavy atom. The van der Waals surface area contributed by atoms with Crippen molar-refractivity contribution in [1.29, 1.82) is 0 Å². The third-order valence-corrected chi connectivity index (χ3v) is 2.12. The van der Waals surface area contributed by atoms with Crippen molar-refractivity contribution in [3.05, 3.63) is 0 Å². The van der Waals surface area contributed by atoms with Crippen molar-refractivity contribution in [3.63, 3.8) is 0 Å². The van der Waals surface area contributed by atoms with Crippen LogP contribution in [-0.4, -0.2) is 31.9 Å². The summed E-state index contributed by atoms with van der Waals surface area (Å²) in [5.74, 6) is 1.75. The third kappa shape index (κ3) is 20.4. The number of hydrogen-bond donors (Lipinski definition) is 3. The Kier molecular flexibility index (Phi) is 19.6. The normalized spacial score (nSPS) is 10.0.